The van der Waals surface area contributed by atoms with Crippen molar-refractivity contribution >= 4 is 11.6 Å². The number of anilines is 2. The Kier molecular flexibility index (Phi) is 7.45. The molecule has 0 saturated heterocycles. The summed E-state index contributed by atoms with van der Waals surface area (Å²) in [6, 6.07) is 12.8. The van der Waals surface area contributed by atoms with Gasteiger partial charge < -0.3 is 15.5 Å². The fourth-order valence-corrected chi connectivity index (χ4v) is 3.57. The van der Waals surface area contributed by atoms with Gasteiger partial charge in [0, 0.05) is 24.2 Å². The van der Waals surface area contributed by atoms with Gasteiger partial charge in [-0.2, -0.15) is 0 Å². The Morgan fingerprint density at radius 1 is 0.963 bits per heavy atom. The average Bonchev–Trinajstić information content (AvgIpc) is 2.94. The lowest BCUT2D eigenvalue weighted by Crippen LogP contribution is -2.20. The molecule has 1 fully saturated rings. The monoisotopic (exact) mass is 367 g/mol. The van der Waals surface area contributed by atoms with Gasteiger partial charge in [-0.1, -0.05) is 56.0 Å². The molecule has 2 N–H and O–H groups in total. The normalized spacial score (nSPS) is 15.5. The fourth-order valence-electron chi connectivity index (χ4n) is 3.57. The zero-order valence-corrected chi connectivity index (χ0v) is 16.7. The Balaban J connectivity index is 1.75. The minimum absolute atomic E-state index is 0.521. The fraction of sp³-hybridized carbons (Fsp3) is 0.545. The first-order valence-corrected chi connectivity index (χ1v) is 10.3. The van der Waals surface area contributed by atoms with E-state index in [1.54, 1.807) is 0 Å². The average molecular weight is 368 g/mol. The third kappa shape index (κ3) is 6.51. The van der Waals surface area contributed by atoms with Crippen LogP contribution in [0.15, 0.2) is 36.4 Å². The summed E-state index contributed by atoms with van der Waals surface area (Å²) >= 11 is 0. The van der Waals surface area contributed by atoms with Crippen molar-refractivity contribution in [2.45, 2.75) is 51.0 Å². The maximum atomic E-state index is 4.81. The van der Waals surface area contributed by atoms with Crippen molar-refractivity contribution in [1.82, 2.24) is 14.9 Å². The molecule has 0 amide bonds. The quantitative estimate of drug-likeness (QED) is 0.526. The second kappa shape index (κ2) is 10.3. The summed E-state index contributed by atoms with van der Waals surface area (Å²) in [6.07, 6.45) is 8.88. The molecule has 0 atom stereocenters. The molecule has 1 saturated carbocycles. The minimum Gasteiger partial charge on any atom is -0.370 e. The van der Waals surface area contributed by atoms with Crippen LogP contribution in [-0.4, -0.2) is 48.1 Å². The molecule has 1 aliphatic carbocycles. The number of nitrogens with zero attached hydrogens (tertiary/aromatic N) is 3. The highest BCUT2D eigenvalue weighted by Gasteiger charge is 2.14. The number of hydrogen-bond donors (Lipinski definition) is 2. The number of rotatable bonds is 8. The lowest BCUT2D eigenvalue weighted by Gasteiger charge is -2.18. The maximum Gasteiger partial charge on any atom is 0.163 e. The molecule has 0 unspecified atom stereocenters. The molecular formula is C22H33N5. The zero-order valence-electron chi connectivity index (χ0n) is 16.7. The van der Waals surface area contributed by atoms with Crippen molar-refractivity contribution in [3.63, 3.8) is 0 Å². The summed E-state index contributed by atoms with van der Waals surface area (Å²) in [4.78, 5) is 11.8. The predicted molar refractivity (Wildman–Crippen MR) is 114 cm³/mol. The predicted octanol–water partition coefficient (Wildman–Crippen LogP) is 4.64. The van der Waals surface area contributed by atoms with Crippen LogP contribution in [0.4, 0.5) is 11.6 Å². The van der Waals surface area contributed by atoms with Crippen LogP contribution in [0.2, 0.25) is 0 Å². The number of benzene rings is 1. The van der Waals surface area contributed by atoms with E-state index in [-0.39, 0.29) is 0 Å². The summed E-state index contributed by atoms with van der Waals surface area (Å²) in [7, 11) is 4.21. The van der Waals surface area contributed by atoms with Crippen LogP contribution in [0.5, 0.6) is 0 Å². The first-order chi connectivity index (χ1) is 13.2. The highest BCUT2D eigenvalue weighted by atomic mass is 15.1. The largest absolute Gasteiger partial charge is 0.370 e. The van der Waals surface area contributed by atoms with Crippen molar-refractivity contribution in [3.8, 4) is 11.4 Å². The molecule has 1 aliphatic rings. The molecule has 27 heavy (non-hydrogen) atoms. The van der Waals surface area contributed by atoms with E-state index >= 15 is 0 Å². The van der Waals surface area contributed by atoms with Crippen molar-refractivity contribution in [3.05, 3.63) is 36.4 Å². The first kappa shape index (κ1) is 19.6. The third-order valence-corrected chi connectivity index (χ3v) is 5.05. The van der Waals surface area contributed by atoms with E-state index in [1.807, 2.05) is 18.2 Å². The highest BCUT2D eigenvalue weighted by molar-refractivity contribution is 5.61. The van der Waals surface area contributed by atoms with Crippen LogP contribution in [-0.2, 0) is 0 Å². The Morgan fingerprint density at radius 3 is 2.37 bits per heavy atom. The number of aromatic nitrogens is 2. The van der Waals surface area contributed by atoms with E-state index < -0.39 is 0 Å². The van der Waals surface area contributed by atoms with E-state index in [1.165, 1.54) is 38.5 Å². The van der Waals surface area contributed by atoms with Gasteiger partial charge in [0.1, 0.15) is 11.6 Å². The summed E-state index contributed by atoms with van der Waals surface area (Å²) < 4.78 is 0. The molecule has 0 bridgehead atoms. The Hall–Kier alpha value is -2.14. The van der Waals surface area contributed by atoms with E-state index in [9.17, 15) is 0 Å². The van der Waals surface area contributed by atoms with E-state index in [0.717, 1.165) is 42.5 Å². The summed E-state index contributed by atoms with van der Waals surface area (Å²) in [5.74, 6) is 2.62. The SMILES string of the molecule is CN(C)CCCNc1cc(NC2CCCCCC2)nc(-c2ccccc2)n1. The third-order valence-electron chi connectivity index (χ3n) is 5.05. The topological polar surface area (TPSA) is 53.1 Å². The lowest BCUT2D eigenvalue weighted by molar-refractivity contribution is 0.405. The molecule has 0 radical (unpaired) electrons. The standard InChI is InChI=1S/C22H33N5/c1-27(2)16-10-15-23-20-17-21(24-19-13-8-3-4-9-14-19)26-22(25-20)18-11-6-5-7-12-18/h5-7,11-12,17,19H,3-4,8-10,13-16H2,1-2H3,(H2,23,24,25,26). The lowest BCUT2D eigenvalue weighted by atomic mass is 10.1. The van der Waals surface area contributed by atoms with Crippen LogP contribution in [0.25, 0.3) is 11.4 Å². The van der Waals surface area contributed by atoms with Gasteiger partial charge in [-0.05, 0) is 39.9 Å². The van der Waals surface area contributed by atoms with Crippen molar-refractivity contribution in [2.75, 3.05) is 37.8 Å². The number of hydrogen-bond acceptors (Lipinski definition) is 5. The van der Waals surface area contributed by atoms with Crippen LogP contribution in [0.1, 0.15) is 44.9 Å². The molecule has 0 spiro atoms. The van der Waals surface area contributed by atoms with Gasteiger partial charge in [-0.25, -0.2) is 9.97 Å². The van der Waals surface area contributed by atoms with Crippen molar-refractivity contribution in [1.29, 1.82) is 0 Å². The van der Waals surface area contributed by atoms with Crippen LogP contribution in [0.3, 0.4) is 0 Å². The Bertz CT molecular complexity index is 678. The molecule has 146 valence electrons. The summed E-state index contributed by atoms with van der Waals surface area (Å²) in [6.45, 7) is 1.98. The molecule has 2 aromatic rings. The molecule has 1 aromatic carbocycles. The van der Waals surface area contributed by atoms with Crippen molar-refractivity contribution < 1.29 is 0 Å². The number of nitrogens with one attached hydrogen (secondary N) is 2. The molecule has 1 aromatic heterocycles. The van der Waals surface area contributed by atoms with Gasteiger partial charge in [0.25, 0.3) is 0 Å². The van der Waals surface area contributed by atoms with Gasteiger partial charge in [-0.15, -0.1) is 0 Å². The Labute approximate surface area is 163 Å². The van der Waals surface area contributed by atoms with E-state index in [2.05, 4.69) is 47.8 Å². The second-order valence-corrected chi connectivity index (χ2v) is 7.74. The van der Waals surface area contributed by atoms with Gasteiger partial charge in [-0.3, -0.25) is 0 Å². The van der Waals surface area contributed by atoms with E-state index in [0.29, 0.717) is 6.04 Å². The van der Waals surface area contributed by atoms with Crippen molar-refractivity contribution in [2.24, 2.45) is 0 Å². The van der Waals surface area contributed by atoms with Crippen LogP contribution >= 0.6 is 0 Å². The van der Waals surface area contributed by atoms with Crippen LogP contribution < -0.4 is 10.6 Å². The maximum absolute atomic E-state index is 4.81. The molecule has 5 nitrogen and oxygen atoms in total. The first-order valence-electron chi connectivity index (χ1n) is 10.3. The Morgan fingerprint density at radius 2 is 1.67 bits per heavy atom. The van der Waals surface area contributed by atoms with Crippen LogP contribution in [0, 0.1) is 0 Å². The molecule has 5 heteroatoms. The second-order valence-electron chi connectivity index (χ2n) is 7.74. The zero-order chi connectivity index (χ0) is 18.9. The summed E-state index contributed by atoms with van der Waals surface area (Å²) in [5.41, 5.74) is 1.05. The van der Waals surface area contributed by atoms with Gasteiger partial charge in [0.15, 0.2) is 5.82 Å². The summed E-state index contributed by atoms with van der Waals surface area (Å²) in [5, 5.41) is 7.16. The molecule has 1 heterocycles. The van der Waals surface area contributed by atoms with Gasteiger partial charge >= 0.3 is 0 Å². The van der Waals surface area contributed by atoms with Gasteiger partial charge in [0.05, 0.1) is 0 Å². The molecule has 3 rings (SSSR count). The highest BCUT2D eigenvalue weighted by Crippen LogP contribution is 2.24. The molecule has 0 aliphatic heterocycles. The smallest absolute Gasteiger partial charge is 0.163 e. The van der Waals surface area contributed by atoms with E-state index in [4.69, 9.17) is 9.97 Å². The van der Waals surface area contributed by atoms with Gasteiger partial charge in [0.2, 0.25) is 0 Å². The molecular weight excluding hydrogens is 334 g/mol. The minimum atomic E-state index is 0.521.